The van der Waals surface area contributed by atoms with Crippen molar-refractivity contribution in [2.24, 2.45) is 0 Å². The van der Waals surface area contributed by atoms with Crippen molar-refractivity contribution in [3.05, 3.63) is 21.4 Å². The molecule has 2 heterocycles. The van der Waals surface area contributed by atoms with E-state index < -0.39 is 0 Å². The molecule has 1 saturated heterocycles. The highest BCUT2D eigenvalue weighted by Gasteiger charge is 2.18. The molecule has 0 radical (unpaired) electrons. The van der Waals surface area contributed by atoms with Gasteiger partial charge in [0.25, 0.3) is 0 Å². The van der Waals surface area contributed by atoms with Crippen molar-refractivity contribution in [2.45, 2.75) is 58.2 Å². The van der Waals surface area contributed by atoms with Gasteiger partial charge in [-0.1, -0.05) is 0 Å². The normalized spacial score (nSPS) is 22.6. The number of hydrogen-bond donors (Lipinski definition) is 1. The van der Waals surface area contributed by atoms with Crippen molar-refractivity contribution >= 4 is 11.3 Å². The summed E-state index contributed by atoms with van der Waals surface area (Å²) < 4.78 is 5.69. The van der Waals surface area contributed by atoms with Gasteiger partial charge in [0.15, 0.2) is 0 Å². The number of ether oxygens (including phenoxy) is 1. The maximum Gasteiger partial charge on any atom is 0.0801 e. The molecule has 0 spiro atoms. The van der Waals surface area contributed by atoms with E-state index >= 15 is 0 Å². The number of hydrogen-bond acceptors (Lipinski definition) is 3. The molecule has 0 bridgehead atoms. The highest BCUT2D eigenvalue weighted by molar-refractivity contribution is 7.12. The summed E-state index contributed by atoms with van der Waals surface area (Å²) in [5, 5.41) is 10.2. The Morgan fingerprint density at radius 1 is 1.47 bits per heavy atom. The first-order chi connectivity index (χ1) is 8.16. The largest absolute Gasteiger partial charge is 0.388 e. The fourth-order valence-electron chi connectivity index (χ4n) is 2.52. The second-order valence-corrected chi connectivity index (χ2v) is 6.41. The molecule has 1 aromatic heterocycles. The van der Waals surface area contributed by atoms with E-state index in [0.29, 0.717) is 6.10 Å². The van der Waals surface area contributed by atoms with Crippen molar-refractivity contribution < 1.29 is 9.84 Å². The van der Waals surface area contributed by atoms with Crippen LogP contribution < -0.4 is 0 Å². The van der Waals surface area contributed by atoms with E-state index in [1.807, 2.05) is 0 Å². The molecule has 0 saturated carbocycles. The molecule has 2 unspecified atom stereocenters. The van der Waals surface area contributed by atoms with Gasteiger partial charge in [0.2, 0.25) is 0 Å². The molecule has 17 heavy (non-hydrogen) atoms. The van der Waals surface area contributed by atoms with Crippen LogP contribution >= 0.6 is 11.3 Å². The summed E-state index contributed by atoms with van der Waals surface area (Å²) in [5.74, 6) is 0. The molecule has 1 fully saturated rings. The van der Waals surface area contributed by atoms with Crippen LogP contribution in [0.5, 0.6) is 0 Å². The number of aryl methyl sites for hydroxylation is 2. The summed E-state index contributed by atoms with van der Waals surface area (Å²) in [7, 11) is 0. The molecule has 2 rings (SSSR count). The maximum atomic E-state index is 10.2. The third kappa shape index (κ3) is 3.54. The maximum absolute atomic E-state index is 10.2. The lowest BCUT2D eigenvalue weighted by Crippen LogP contribution is -2.19. The monoisotopic (exact) mass is 254 g/mol. The van der Waals surface area contributed by atoms with Gasteiger partial charge >= 0.3 is 0 Å². The second kappa shape index (κ2) is 5.98. The van der Waals surface area contributed by atoms with Gasteiger partial charge in [-0.2, -0.15) is 0 Å². The van der Waals surface area contributed by atoms with Gasteiger partial charge in [-0.25, -0.2) is 0 Å². The Morgan fingerprint density at radius 3 is 2.88 bits per heavy atom. The molecule has 2 atom stereocenters. The van der Waals surface area contributed by atoms with E-state index in [9.17, 15) is 5.11 Å². The lowest BCUT2D eigenvalue weighted by Gasteiger charge is -2.23. The predicted octanol–water partition coefficient (Wildman–Crippen LogP) is 3.75. The molecule has 1 aliphatic rings. The van der Waals surface area contributed by atoms with Crippen LogP contribution in [-0.2, 0) is 4.74 Å². The Labute approximate surface area is 108 Å². The summed E-state index contributed by atoms with van der Waals surface area (Å²) in [5.41, 5.74) is 1.11. The third-order valence-corrected chi connectivity index (χ3v) is 4.46. The van der Waals surface area contributed by atoms with E-state index in [4.69, 9.17) is 4.74 Å². The summed E-state index contributed by atoms with van der Waals surface area (Å²) >= 11 is 1.77. The average molecular weight is 254 g/mol. The first-order valence-electron chi connectivity index (χ1n) is 6.53. The Hall–Kier alpha value is -0.380. The molecule has 0 aliphatic carbocycles. The lowest BCUT2D eigenvalue weighted by atomic mass is 9.99. The van der Waals surface area contributed by atoms with Gasteiger partial charge in [-0.15, -0.1) is 11.3 Å². The van der Waals surface area contributed by atoms with Crippen LogP contribution in [0.4, 0.5) is 0 Å². The topological polar surface area (TPSA) is 29.5 Å². The van der Waals surface area contributed by atoms with Crippen LogP contribution in [0, 0.1) is 13.8 Å². The van der Waals surface area contributed by atoms with Crippen molar-refractivity contribution in [1.29, 1.82) is 0 Å². The number of aliphatic hydroxyl groups excluding tert-OH is 1. The summed E-state index contributed by atoms with van der Waals surface area (Å²) in [6.07, 6.45) is 5.49. The first kappa shape index (κ1) is 13.1. The van der Waals surface area contributed by atoms with Crippen LogP contribution in [0.2, 0.25) is 0 Å². The van der Waals surface area contributed by atoms with Gasteiger partial charge in [0, 0.05) is 16.4 Å². The van der Waals surface area contributed by atoms with Gasteiger partial charge < -0.3 is 9.84 Å². The highest BCUT2D eigenvalue weighted by atomic mass is 32.1. The fraction of sp³-hybridized carbons (Fsp3) is 0.714. The predicted molar refractivity (Wildman–Crippen MR) is 71.6 cm³/mol. The Bertz CT molecular complexity index is 353. The Morgan fingerprint density at radius 2 is 2.29 bits per heavy atom. The Balaban J connectivity index is 1.84. The van der Waals surface area contributed by atoms with Crippen LogP contribution in [0.3, 0.4) is 0 Å². The van der Waals surface area contributed by atoms with Gasteiger partial charge in [0.1, 0.15) is 0 Å². The number of aliphatic hydroxyl groups is 1. The van der Waals surface area contributed by atoms with E-state index in [-0.39, 0.29) is 6.10 Å². The van der Waals surface area contributed by atoms with Crippen LogP contribution in [0.1, 0.15) is 53.5 Å². The fourth-order valence-corrected chi connectivity index (χ4v) is 3.50. The van der Waals surface area contributed by atoms with Gasteiger partial charge in [0.05, 0.1) is 12.2 Å². The third-order valence-electron chi connectivity index (χ3n) is 3.47. The molecule has 1 N–H and O–H groups in total. The smallest absolute Gasteiger partial charge is 0.0801 e. The molecule has 1 aromatic rings. The summed E-state index contributed by atoms with van der Waals surface area (Å²) in [4.78, 5) is 2.53. The zero-order chi connectivity index (χ0) is 12.3. The molecule has 3 heteroatoms. The standard InChI is InChI=1S/C14H22O2S/c1-10-9-13(11(2)17-10)14(15)7-6-12-5-3-4-8-16-12/h9,12,14-15H,3-8H2,1-2H3. The zero-order valence-corrected chi connectivity index (χ0v) is 11.6. The molecule has 0 aromatic carbocycles. The summed E-state index contributed by atoms with van der Waals surface area (Å²) in [6, 6.07) is 2.12. The van der Waals surface area contributed by atoms with E-state index in [0.717, 1.165) is 31.4 Å². The average Bonchev–Trinajstić information content (AvgIpc) is 2.67. The van der Waals surface area contributed by atoms with Crippen LogP contribution in [0.25, 0.3) is 0 Å². The summed E-state index contributed by atoms with van der Waals surface area (Å²) in [6.45, 7) is 5.09. The quantitative estimate of drug-likeness (QED) is 0.886. The van der Waals surface area contributed by atoms with Crippen LogP contribution in [-0.4, -0.2) is 17.8 Å². The molecule has 2 nitrogen and oxygen atoms in total. The minimum atomic E-state index is -0.314. The molecular formula is C14H22O2S. The first-order valence-corrected chi connectivity index (χ1v) is 7.35. The van der Waals surface area contributed by atoms with Gasteiger partial charge in [-0.05, 0) is 57.6 Å². The van der Waals surface area contributed by atoms with Gasteiger partial charge in [-0.3, -0.25) is 0 Å². The van der Waals surface area contributed by atoms with Crippen LogP contribution in [0.15, 0.2) is 6.07 Å². The van der Waals surface area contributed by atoms with Crippen molar-refractivity contribution in [1.82, 2.24) is 0 Å². The van der Waals surface area contributed by atoms with Crippen molar-refractivity contribution in [3.8, 4) is 0 Å². The van der Waals surface area contributed by atoms with Crippen molar-refractivity contribution in [3.63, 3.8) is 0 Å². The molecule has 1 aliphatic heterocycles. The number of rotatable bonds is 4. The molecule has 0 amide bonds. The second-order valence-electron chi connectivity index (χ2n) is 4.95. The molecular weight excluding hydrogens is 232 g/mol. The zero-order valence-electron chi connectivity index (χ0n) is 10.7. The minimum absolute atomic E-state index is 0.314. The van der Waals surface area contributed by atoms with E-state index in [2.05, 4.69) is 19.9 Å². The highest BCUT2D eigenvalue weighted by Crippen LogP contribution is 2.30. The Kier molecular flexibility index (Phi) is 4.60. The number of thiophene rings is 1. The minimum Gasteiger partial charge on any atom is -0.388 e. The lowest BCUT2D eigenvalue weighted by molar-refractivity contribution is 0.00212. The SMILES string of the molecule is Cc1cc(C(O)CCC2CCCCO2)c(C)s1. The molecule has 96 valence electrons. The van der Waals surface area contributed by atoms with E-state index in [1.54, 1.807) is 11.3 Å². The van der Waals surface area contributed by atoms with E-state index in [1.165, 1.54) is 22.6 Å². The van der Waals surface area contributed by atoms with Crippen molar-refractivity contribution in [2.75, 3.05) is 6.61 Å².